The van der Waals surface area contributed by atoms with Crippen LogP contribution in [-0.2, 0) is 4.74 Å². The zero-order valence-corrected chi connectivity index (χ0v) is 8.78. The Morgan fingerprint density at radius 1 is 1.38 bits per heavy atom. The van der Waals surface area contributed by atoms with Gasteiger partial charge in [-0.2, -0.15) is 0 Å². The number of anilines is 1. The molecule has 0 spiro atoms. The molecule has 0 fully saturated rings. The molecule has 0 bridgehead atoms. The van der Waals surface area contributed by atoms with E-state index in [1.54, 1.807) is 0 Å². The van der Waals surface area contributed by atoms with Gasteiger partial charge in [0.25, 0.3) is 5.56 Å². The van der Waals surface area contributed by atoms with Crippen molar-refractivity contribution < 1.29 is 4.74 Å². The van der Waals surface area contributed by atoms with Crippen LogP contribution in [0, 0.1) is 0 Å². The molecule has 5 N–H and O–H groups in total. The molecule has 0 saturated heterocycles. The second-order valence-electron chi connectivity index (χ2n) is 3.04. The van der Waals surface area contributed by atoms with E-state index in [2.05, 4.69) is 20.5 Å². The van der Waals surface area contributed by atoms with Crippen LogP contribution in [0.3, 0.4) is 0 Å². The third kappa shape index (κ3) is 4.24. The van der Waals surface area contributed by atoms with E-state index in [0.717, 1.165) is 6.42 Å². The molecule has 1 rings (SSSR count). The summed E-state index contributed by atoms with van der Waals surface area (Å²) in [6.45, 7) is 2.12. The van der Waals surface area contributed by atoms with E-state index in [9.17, 15) is 9.59 Å². The maximum Gasteiger partial charge on any atom is 0.342 e. The predicted octanol–water partition coefficient (Wildman–Crippen LogP) is -1.76. The molecule has 1 aromatic rings. The van der Waals surface area contributed by atoms with Crippen LogP contribution in [0.4, 0.5) is 5.82 Å². The second-order valence-corrected chi connectivity index (χ2v) is 3.04. The zero-order valence-electron chi connectivity index (χ0n) is 8.78. The number of hydrogen-bond donors (Lipinski definition) is 4. The maximum atomic E-state index is 11.2. The van der Waals surface area contributed by atoms with Crippen molar-refractivity contribution >= 4 is 5.82 Å². The van der Waals surface area contributed by atoms with E-state index < -0.39 is 11.2 Å². The van der Waals surface area contributed by atoms with Crippen LogP contribution in [0.25, 0.3) is 0 Å². The Bertz CT molecular complexity index is 413. The fourth-order valence-corrected chi connectivity index (χ4v) is 1.03. The summed E-state index contributed by atoms with van der Waals surface area (Å²) in [6, 6.07) is 0. The van der Waals surface area contributed by atoms with Crippen molar-refractivity contribution in [1.82, 2.24) is 15.2 Å². The lowest BCUT2D eigenvalue weighted by atomic mass is 10.4. The minimum Gasteiger partial charge on any atom is -0.380 e. The van der Waals surface area contributed by atoms with E-state index in [0.29, 0.717) is 26.3 Å². The first kappa shape index (κ1) is 12.4. The monoisotopic (exact) mass is 229 g/mol. The van der Waals surface area contributed by atoms with Gasteiger partial charge < -0.3 is 15.8 Å². The van der Waals surface area contributed by atoms with Crippen molar-refractivity contribution in [3.63, 3.8) is 0 Å². The molecule has 0 unspecified atom stereocenters. The number of nitrogens with two attached hydrogens (primary N) is 1. The van der Waals surface area contributed by atoms with Crippen LogP contribution >= 0.6 is 0 Å². The van der Waals surface area contributed by atoms with E-state index in [-0.39, 0.29) is 5.82 Å². The number of nitrogens with one attached hydrogen (secondary N) is 3. The SMILES string of the molecule is NCCOCCCNc1n[nH]c(=O)[nH]c1=O. The summed E-state index contributed by atoms with van der Waals surface area (Å²) in [7, 11) is 0. The minimum absolute atomic E-state index is 0.0958. The molecule has 16 heavy (non-hydrogen) atoms. The van der Waals surface area contributed by atoms with Gasteiger partial charge in [0.15, 0.2) is 0 Å². The first-order valence-corrected chi connectivity index (χ1v) is 4.94. The van der Waals surface area contributed by atoms with Gasteiger partial charge in [0.1, 0.15) is 0 Å². The predicted molar refractivity (Wildman–Crippen MR) is 58.5 cm³/mol. The summed E-state index contributed by atoms with van der Waals surface area (Å²) in [6.07, 6.45) is 0.722. The molecular formula is C8H15N5O3. The lowest BCUT2D eigenvalue weighted by molar-refractivity contribution is 0.141. The molecule has 8 heteroatoms. The summed E-state index contributed by atoms with van der Waals surface area (Å²) < 4.78 is 5.14. The van der Waals surface area contributed by atoms with Crippen molar-refractivity contribution in [2.75, 3.05) is 31.6 Å². The molecule has 0 saturated carbocycles. The number of rotatable bonds is 7. The largest absolute Gasteiger partial charge is 0.380 e. The third-order valence-corrected chi connectivity index (χ3v) is 1.73. The topological polar surface area (TPSA) is 126 Å². The van der Waals surface area contributed by atoms with Gasteiger partial charge in [-0.25, -0.2) is 9.89 Å². The molecule has 90 valence electrons. The quantitative estimate of drug-likeness (QED) is 0.410. The maximum absolute atomic E-state index is 11.2. The smallest absolute Gasteiger partial charge is 0.342 e. The van der Waals surface area contributed by atoms with Gasteiger partial charge in [-0.3, -0.25) is 9.78 Å². The van der Waals surface area contributed by atoms with E-state index in [1.165, 1.54) is 0 Å². The van der Waals surface area contributed by atoms with Crippen LogP contribution < -0.4 is 22.3 Å². The van der Waals surface area contributed by atoms with Crippen molar-refractivity contribution in [2.24, 2.45) is 5.73 Å². The van der Waals surface area contributed by atoms with Crippen LogP contribution in [0.1, 0.15) is 6.42 Å². The summed E-state index contributed by atoms with van der Waals surface area (Å²) in [4.78, 5) is 23.9. The van der Waals surface area contributed by atoms with Crippen LogP contribution in [0.15, 0.2) is 9.59 Å². The van der Waals surface area contributed by atoms with E-state index in [4.69, 9.17) is 10.5 Å². The Balaban J connectivity index is 2.27. The van der Waals surface area contributed by atoms with E-state index in [1.807, 2.05) is 0 Å². The second kappa shape index (κ2) is 6.75. The van der Waals surface area contributed by atoms with Gasteiger partial charge in [0.2, 0.25) is 5.82 Å². The van der Waals surface area contributed by atoms with Gasteiger partial charge in [-0.15, -0.1) is 5.10 Å². The van der Waals surface area contributed by atoms with Crippen LogP contribution in [0.2, 0.25) is 0 Å². The molecular weight excluding hydrogens is 214 g/mol. The van der Waals surface area contributed by atoms with E-state index >= 15 is 0 Å². The Labute approximate surface area is 91.2 Å². The highest BCUT2D eigenvalue weighted by Crippen LogP contribution is 1.88. The van der Waals surface area contributed by atoms with Crippen molar-refractivity contribution in [2.45, 2.75) is 6.42 Å². The number of hydrogen-bond acceptors (Lipinski definition) is 6. The summed E-state index contributed by atoms with van der Waals surface area (Å²) in [5, 5.41) is 8.47. The summed E-state index contributed by atoms with van der Waals surface area (Å²) in [5.74, 6) is 0.0958. The molecule has 0 aromatic carbocycles. The zero-order chi connectivity index (χ0) is 11.8. The van der Waals surface area contributed by atoms with Gasteiger partial charge in [0, 0.05) is 19.7 Å². The molecule has 0 aliphatic heterocycles. The first-order valence-electron chi connectivity index (χ1n) is 4.94. The number of ether oxygens (including phenoxy) is 1. The minimum atomic E-state index is -0.623. The number of aromatic nitrogens is 3. The summed E-state index contributed by atoms with van der Waals surface area (Å²) >= 11 is 0. The normalized spacial score (nSPS) is 10.3. The summed E-state index contributed by atoms with van der Waals surface area (Å²) in [5.41, 5.74) is 4.08. The Hall–Kier alpha value is -1.67. The van der Waals surface area contributed by atoms with Crippen LogP contribution in [0.5, 0.6) is 0 Å². The fraction of sp³-hybridized carbons (Fsp3) is 0.625. The molecule has 1 aromatic heterocycles. The van der Waals surface area contributed by atoms with Gasteiger partial charge in [-0.1, -0.05) is 0 Å². The molecule has 0 aliphatic rings. The average Bonchev–Trinajstić information content (AvgIpc) is 2.26. The molecule has 0 radical (unpaired) electrons. The Morgan fingerprint density at radius 2 is 2.19 bits per heavy atom. The lowest BCUT2D eigenvalue weighted by Gasteiger charge is -2.04. The molecule has 0 amide bonds. The number of aromatic amines is 2. The highest BCUT2D eigenvalue weighted by Gasteiger charge is 1.99. The van der Waals surface area contributed by atoms with Gasteiger partial charge in [0.05, 0.1) is 6.61 Å². The van der Waals surface area contributed by atoms with Crippen LogP contribution in [-0.4, -0.2) is 41.5 Å². The highest BCUT2D eigenvalue weighted by molar-refractivity contribution is 5.28. The lowest BCUT2D eigenvalue weighted by Crippen LogP contribution is -2.27. The third-order valence-electron chi connectivity index (χ3n) is 1.73. The number of H-pyrrole nitrogens is 2. The Kier molecular flexibility index (Phi) is 5.23. The standard InChI is InChI=1S/C8H15N5O3/c9-2-5-16-4-1-3-10-6-7(14)11-8(15)13-12-6/h1-5,9H2,(H,10,12)(H2,11,13,14,15). The number of nitrogens with zero attached hydrogens (tertiary/aromatic N) is 1. The fourth-order valence-electron chi connectivity index (χ4n) is 1.03. The van der Waals surface area contributed by atoms with Crippen molar-refractivity contribution in [1.29, 1.82) is 0 Å². The van der Waals surface area contributed by atoms with Gasteiger partial charge >= 0.3 is 5.69 Å². The Morgan fingerprint density at radius 3 is 2.88 bits per heavy atom. The molecule has 0 atom stereocenters. The molecule has 0 aliphatic carbocycles. The highest BCUT2D eigenvalue weighted by atomic mass is 16.5. The van der Waals surface area contributed by atoms with Crippen molar-refractivity contribution in [3.8, 4) is 0 Å². The molecule has 8 nitrogen and oxygen atoms in total. The van der Waals surface area contributed by atoms with Gasteiger partial charge in [-0.05, 0) is 6.42 Å². The van der Waals surface area contributed by atoms with Crippen molar-refractivity contribution in [3.05, 3.63) is 20.8 Å². The molecule has 1 heterocycles. The average molecular weight is 229 g/mol. The first-order chi connectivity index (χ1) is 7.74.